The monoisotopic (exact) mass is 264 g/mol. The summed E-state index contributed by atoms with van der Waals surface area (Å²) in [6.45, 7) is 4.40. The summed E-state index contributed by atoms with van der Waals surface area (Å²) < 4.78 is 0. The van der Waals surface area contributed by atoms with E-state index in [1.807, 2.05) is 0 Å². The lowest BCUT2D eigenvalue weighted by Crippen LogP contribution is -2.45. The van der Waals surface area contributed by atoms with Crippen molar-refractivity contribution < 1.29 is 9.59 Å². The van der Waals surface area contributed by atoms with Crippen molar-refractivity contribution >= 4 is 11.8 Å². The van der Waals surface area contributed by atoms with Crippen molar-refractivity contribution in [2.75, 3.05) is 0 Å². The highest BCUT2D eigenvalue weighted by molar-refractivity contribution is 6.05. The molecule has 3 fully saturated rings. The molecule has 4 heteroatoms. The Kier molecular flexibility index (Phi) is 3.16. The Morgan fingerprint density at radius 1 is 1.16 bits per heavy atom. The van der Waals surface area contributed by atoms with Crippen LogP contribution in [0.5, 0.6) is 0 Å². The van der Waals surface area contributed by atoms with Crippen LogP contribution in [0.15, 0.2) is 0 Å². The first-order valence-electron chi connectivity index (χ1n) is 7.61. The van der Waals surface area contributed by atoms with Crippen LogP contribution in [0.3, 0.4) is 0 Å². The second-order valence-electron chi connectivity index (χ2n) is 7.06. The fourth-order valence-corrected chi connectivity index (χ4v) is 3.50. The summed E-state index contributed by atoms with van der Waals surface area (Å²) in [4.78, 5) is 26.1. The zero-order valence-electron chi connectivity index (χ0n) is 11.9. The van der Waals surface area contributed by atoms with Crippen LogP contribution in [0, 0.1) is 5.41 Å². The summed E-state index contributed by atoms with van der Waals surface area (Å²) in [5.74, 6) is 0.0625. The van der Waals surface area contributed by atoms with E-state index in [-0.39, 0.29) is 23.9 Å². The van der Waals surface area contributed by atoms with E-state index < -0.39 is 0 Å². The Balaban J connectivity index is 1.63. The number of carbonyl (C=O) groups excluding carboxylic acids is 2. The molecule has 4 nitrogen and oxygen atoms in total. The molecule has 0 spiro atoms. The minimum atomic E-state index is -0.263. The number of rotatable bonds is 3. The van der Waals surface area contributed by atoms with Gasteiger partial charge in [-0.05, 0) is 24.7 Å². The van der Waals surface area contributed by atoms with Crippen molar-refractivity contribution in [3.63, 3.8) is 0 Å². The minimum absolute atomic E-state index is 0.0274. The highest BCUT2D eigenvalue weighted by Crippen LogP contribution is 2.45. The summed E-state index contributed by atoms with van der Waals surface area (Å²) in [6, 6.07) is 0.314. The molecule has 1 aliphatic heterocycles. The van der Waals surface area contributed by atoms with E-state index in [1.165, 1.54) is 6.42 Å². The molecule has 2 aliphatic carbocycles. The number of nitrogens with zero attached hydrogens (tertiary/aromatic N) is 1. The molecule has 106 valence electrons. The first kappa shape index (κ1) is 13.1. The first-order valence-corrected chi connectivity index (χ1v) is 7.61. The average molecular weight is 264 g/mol. The van der Waals surface area contributed by atoms with Crippen LogP contribution in [-0.4, -0.2) is 34.8 Å². The second kappa shape index (κ2) is 4.58. The van der Waals surface area contributed by atoms with Gasteiger partial charge in [0.1, 0.15) is 0 Å². The first-order chi connectivity index (χ1) is 8.99. The fraction of sp³-hybridized carbons (Fsp3) is 0.867. The summed E-state index contributed by atoms with van der Waals surface area (Å²) in [7, 11) is 0. The van der Waals surface area contributed by atoms with Crippen LogP contribution >= 0.6 is 0 Å². The van der Waals surface area contributed by atoms with E-state index in [0.29, 0.717) is 17.9 Å². The molecule has 3 aliphatic rings. The third kappa shape index (κ3) is 2.42. The highest BCUT2D eigenvalue weighted by atomic mass is 16.2. The Morgan fingerprint density at radius 2 is 1.79 bits per heavy atom. The van der Waals surface area contributed by atoms with Gasteiger partial charge in [-0.2, -0.15) is 0 Å². The molecular formula is C15H24N2O2. The van der Waals surface area contributed by atoms with Gasteiger partial charge in [-0.3, -0.25) is 14.5 Å². The molecule has 1 saturated heterocycles. The molecule has 2 amide bonds. The van der Waals surface area contributed by atoms with Gasteiger partial charge in [0, 0.05) is 12.1 Å². The van der Waals surface area contributed by atoms with Crippen LogP contribution in [0.25, 0.3) is 0 Å². The van der Waals surface area contributed by atoms with Gasteiger partial charge in [-0.1, -0.05) is 33.1 Å². The standard InChI is InChI=1S/C15H24N2O2/c1-15(2)9-12(15)16-11-8-13(18)17(14(11)19)10-6-4-3-5-7-10/h10-12,16H,3-9H2,1-2H3. The van der Waals surface area contributed by atoms with E-state index in [1.54, 1.807) is 4.90 Å². The van der Waals surface area contributed by atoms with Crippen LogP contribution in [0.2, 0.25) is 0 Å². The van der Waals surface area contributed by atoms with Gasteiger partial charge in [0.25, 0.3) is 0 Å². The van der Waals surface area contributed by atoms with Gasteiger partial charge in [-0.25, -0.2) is 0 Å². The Bertz CT molecular complexity index is 399. The van der Waals surface area contributed by atoms with Crippen LogP contribution < -0.4 is 5.32 Å². The number of imide groups is 1. The maximum Gasteiger partial charge on any atom is 0.247 e. The summed E-state index contributed by atoms with van der Waals surface area (Å²) in [5, 5.41) is 3.38. The Hall–Kier alpha value is -0.900. The normalized spacial score (nSPS) is 34.9. The maximum absolute atomic E-state index is 12.4. The number of carbonyl (C=O) groups is 2. The van der Waals surface area contributed by atoms with Crippen molar-refractivity contribution in [2.24, 2.45) is 5.41 Å². The number of amides is 2. The third-order valence-electron chi connectivity index (χ3n) is 5.04. The maximum atomic E-state index is 12.4. The number of likely N-dealkylation sites (tertiary alicyclic amines) is 1. The van der Waals surface area contributed by atoms with Crippen LogP contribution in [0.1, 0.15) is 58.8 Å². The van der Waals surface area contributed by atoms with E-state index in [9.17, 15) is 9.59 Å². The van der Waals surface area contributed by atoms with E-state index in [0.717, 1.165) is 32.1 Å². The molecule has 2 unspecified atom stereocenters. The Morgan fingerprint density at radius 3 is 2.37 bits per heavy atom. The van der Waals surface area contributed by atoms with E-state index in [2.05, 4.69) is 19.2 Å². The summed E-state index contributed by atoms with van der Waals surface area (Å²) in [5.41, 5.74) is 0.293. The lowest BCUT2D eigenvalue weighted by atomic mass is 9.94. The smallest absolute Gasteiger partial charge is 0.247 e. The molecule has 2 saturated carbocycles. The van der Waals surface area contributed by atoms with Crippen molar-refractivity contribution in [3.05, 3.63) is 0 Å². The molecule has 2 atom stereocenters. The zero-order valence-corrected chi connectivity index (χ0v) is 11.9. The fourth-order valence-electron chi connectivity index (χ4n) is 3.50. The summed E-state index contributed by atoms with van der Waals surface area (Å²) >= 11 is 0. The number of nitrogens with one attached hydrogen (secondary N) is 1. The predicted molar refractivity (Wildman–Crippen MR) is 72.5 cm³/mol. The molecule has 0 aromatic carbocycles. The number of hydrogen-bond donors (Lipinski definition) is 1. The zero-order chi connectivity index (χ0) is 13.6. The molecule has 1 heterocycles. The van der Waals surface area contributed by atoms with Crippen LogP contribution in [0.4, 0.5) is 0 Å². The molecule has 0 aromatic rings. The van der Waals surface area contributed by atoms with Gasteiger partial charge in [0.15, 0.2) is 0 Å². The molecule has 3 rings (SSSR count). The van der Waals surface area contributed by atoms with Gasteiger partial charge in [0.05, 0.1) is 12.5 Å². The molecule has 0 aromatic heterocycles. The number of hydrogen-bond acceptors (Lipinski definition) is 3. The Labute approximate surface area is 114 Å². The van der Waals surface area contributed by atoms with Crippen molar-refractivity contribution in [1.82, 2.24) is 10.2 Å². The second-order valence-corrected chi connectivity index (χ2v) is 7.06. The molecule has 0 bridgehead atoms. The average Bonchev–Trinajstić information content (AvgIpc) is 2.86. The molecular weight excluding hydrogens is 240 g/mol. The van der Waals surface area contributed by atoms with Crippen molar-refractivity contribution in [2.45, 2.75) is 76.9 Å². The van der Waals surface area contributed by atoms with Crippen molar-refractivity contribution in [1.29, 1.82) is 0 Å². The molecule has 1 N–H and O–H groups in total. The van der Waals surface area contributed by atoms with E-state index >= 15 is 0 Å². The topological polar surface area (TPSA) is 49.4 Å². The van der Waals surface area contributed by atoms with Crippen LogP contribution in [-0.2, 0) is 9.59 Å². The SMILES string of the molecule is CC1(C)CC1NC1CC(=O)N(C2CCCCC2)C1=O. The van der Waals surface area contributed by atoms with Gasteiger partial charge in [0.2, 0.25) is 11.8 Å². The lowest BCUT2D eigenvalue weighted by Gasteiger charge is -2.29. The highest BCUT2D eigenvalue weighted by Gasteiger charge is 2.50. The molecule has 19 heavy (non-hydrogen) atoms. The van der Waals surface area contributed by atoms with Crippen molar-refractivity contribution in [3.8, 4) is 0 Å². The summed E-state index contributed by atoms with van der Waals surface area (Å²) in [6.07, 6.45) is 7.00. The lowest BCUT2D eigenvalue weighted by molar-refractivity contribution is -0.142. The largest absolute Gasteiger partial charge is 0.302 e. The third-order valence-corrected chi connectivity index (χ3v) is 5.04. The molecule has 0 radical (unpaired) electrons. The van der Waals surface area contributed by atoms with Gasteiger partial charge >= 0.3 is 0 Å². The predicted octanol–water partition coefficient (Wildman–Crippen LogP) is 1.83. The van der Waals surface area contributed by atoms with E-state index in [4.69, 9.17) is 0 Å². The van der Waals surface area contributed by atoms with Gasteiger partial charge in [-0.15, -0.1) is 0 Å². The van der Waals surface area contributed by atoms with Gasteiger partial charge < -0.3 is 5.32 Å². The minimum Gasteiger partial charge on any atom is -0.302 e. The quantitative estimate of drug-likeness (QED) is 0.791.